The zero-order valence-corrected chi connectivity index (χ0v) is 9.09. The molecule has 0 amide bonds. The van der Waals surface area contributed by atoms with Gasteiger partial charge in [-0.1, -0.05) is 18.0 Å². The van der Waals surface area contributed by atoms with E-state index in [2.05, 4.69) is 16.4 Å². The molecule has 0 aliphatic heterocycles. The summed E-state index contributed by atoms with van der Waals surface area (Å²) >= 11 is 5.79. The molecular formula is C11H12ClN3. The van der Waals surface area contributed by atoms with Crippen LogP contribution in [0.2, 0.25) is 5.15 Å². The standard InChI is InChI=1S/C11H12ClN3/c12-10-4-9(6-13)5-11(15-10)14-7-8-2-1-3-8/h4-5,8H,1-3,7H2,(H,14,15). The van der Waals surface area contributed by atoms with Crippen LogP contribution in [-0.4, -0.2) is 11.5 Å². The van der Waals surface area contributed by atoms with Gasteiger partial charge in [0.1, 0.15) is 11.0 Å². The Morgan fingerprint density at radius 2 is 2.33 bits per heavy atom. The molecule has 0 radical (unpaired) electrons. The van der Waals surface area contributed by atoms with Crippen LogP contribution in [0.4, 0.5) is 5.82 Å². The lowest BCUT2D eigenvalue weighted by molar-refractivity contribution is 0.333. The van der Waals surface area contributed by atoms with E-state index in [1.165, 1.54) is 19.3 Å². The van der Waals surface area contributed by atoms with Gasteiger partial charge >= 0.3 is 0 Å². The van der Waals surface area contributed by atoms with Crippen LogP contribution in [0, 0.1) is 17.2 Å². The second-order valence-electron chi connectivity index (χ2n) is 3.85. The van der Waals surface area contributed by atoms with E-state index < -0.39 is 0 Å². The Morgan fingerprint density at radius 1 is 1.53 bits per heavy atom. The molecule has 0 unspecified atom stereocenters. The molecule has 0 aromatic carbocycles. The van der Waals surface area contributed by atoms with Crippen molar-refractivity contribution in [3.63, 3.8) is 0 Å². The van der Waals surface area contributed by atoms with Gasteiger partial charge in [0.2, 0.25) is 0 Å². The molecule has 0 saturated heterocycles. The smallest absolute Gasteiger partial charge is 0.132 e. The molecule has 1 heterocycles. The zero-order valence-electron chi connectivity index (χ0n) is 8.33. The summed E-state index contributed by atoms with van der Waals surface area (Å²) in [6, 6.07) is 5.35. The van der Waals surface area contributed by atoms with E-state index in [-0.39, 0.29) is 0 Å². The molecule has 0 spiro atoms. The van der Waals surface area contributed by atoms with Gasteiger partial charge in [0.25, 0.3) is 0 Å². The van der Waals surface area contributed by atoms with E-state index >= 15 is 0 Å². The van der Waals surface area contributed by atoms with Gasteiger partial charge in [-0.25, -0.2) is 4.98 Å². The third-order valence-electron chi connectivity index (χ3n) is 2.72. The largest absolute Gasteiger partial charge is 0.370 e. The number of pyridine rings is 1. The third kappa shape index (κ3) is 2.60. The van der Waals surface area contributed by atoms with Gasteiger partial charge in [0.15, 0.2) is 0 Å². The molecule has 1 saturated carbocycles. The summed E-state index contributed by atoms with van der Waals surface area (Å²) in [5.74, 6) is 1.46. The van der Waals surface area contributed by atoms with Crippen LogP contribution in [0.3, 0.4) is 0 Å². The molecule has 4 heteroatoms. The molecule has 3 nitrogen and oxygen atoms in total. The summed E-state index contributed by atoms with van der Waals surface area (Å²) in [7, 11) is 0. The highest BCUT2D eigenvalue weighted by molar-refractivity contribution is 6.29. The Morgan fingerprint density at radius 3 is 2.93 bits per heavy atom. The second kappa shape index (κ2) is 4.50. The van der Waals surface area contributed by atoms with Gasteiger partial charge in [-0.2, -0.15) is 5.26 Å². The SMILES string of the molecule is N#Cc1cc(Cl)nc(NCC2CCC2)c1. The van der Waals surface area contributed by atoms with E-state index in [4.69, 9.17) is 16.9 Å². The number of hydrogen-bond donors (Lipinski definition) is 1. The predicted octanol–water partition coefficient (Wildman–Crippen LogP) is 2.82. The van der Waals surface area contributed by atoms with E-state index in [1.807, 2.05) is 0 Å². The Kier molecular flexibility index (Phi) is 3.08. The van der Waals surface area contributed by atoms with Gasteiger partial charge in [0, 0.05) is 6.54 Å². The Balaban J connectivity index is 2.00. The molecule has 1 aliphatic carbocycles. The average molecular weight is 222 g/mol. The topological polar surface area (TPSA) is 48.7 Å². The number of rotatable bonds is 3. The van der Waals surface area contributed by atoms with Crippen molar-refractivity contribution in [1.82, 2.24) is 4.98 Å². The minimum atomic E-state index is 0.366. The lowest BCUT2D eigenvalue weighted by Gasteiger charge is -2.25. The summed E-state index contributed by atoms with van der Waals surface area (Å²) in [5.41, 5.74) is 0.547. The Hall–Kier alpha value is -1.27. The fourth-order valence-corrected chi connectivity index (χ4v) is 1.81. The van der Waals surface area contributed by atoms with Crippen LogP contribution < -0.4 is 5.32 Å². The van der Waals surface area contributed by atoms with Crippen molar-refractivity contribution in [3.8, 4) is 6.07 Å². The first-order valence-electron chi connectivity index (χ1n) is 5.09. The Bertz CT molecular complexity index is 393. The van der Waals surface area contributed by atoms with Crippen molar-refractivity contribution in [2.24, 2.45) is 5.92 Å². The van der Waals surface area contributed by atoms with Crippen LogP contribution in [0.25, 0.3) is 0 Å². The van der Waals surface area contributed by atoms with Gasteiger partial charge < -0.3 is 5.32 Å². The molecule has 15 heavy (non-hydrogen) atoms. The number of halogens is 1. The molecule has 1 N–H and O–H groups in total. The molecule has 0 atom stereocenters. The van der Waals surface area contributed by atoms with Crippen molar-refractivity contribution in [1.29, 1.82) is 5.26 Å². The number of aromatic nitrogens is 1. The van der Waals surface area contributed by atoms with Gasteiger partial charge in [-0.05, 0) is 30.9 Å². The summed E-state index contributed by atoms with van der Waals surface area (Å²) in [5, 5.41) is 12.3. The van der Waals surface area contributed by atoms with Crippen LogP contribution in [-0.2, 0) is 0 Å². The summed E-state index contributed by atoms with van der Waals surface area (Å²) in [6.45, 7) is 0.929. The van der Waals surface area contributed by atoms with Crippen LogP contribution >= 0.6 is 11.6 Å². The monoisotopic (exact) mass is 221 g/mol. The molecule has 1 aliphatic rings. The fraction of sp³-hybridized carbons (Fsp3) is 0.455. The Labute approximate surface area is 94.1 Å². The van der Waals surface area contributed by atoms with Crippen molar-refractivity contribution >= 4 is 17.4 Å². The van der Waals surface area contributed by atoms with E-state index in [1.54, 1.807) is 12.1 Å². The quantitative estimate of drug-likeness (QED) is 0.799. The predicted molar refractivity (Wildman–Crippen MR) is 59.8 cm³/mol. The summed E-state index contributed by atoms with van der Waals surface area (Å²) in [4.78, 5) is 4.12. The molecule has 1 aromatic heterocycles. The van der Waals surface area contributed by atoms with Crippen molar-refractivity contribution in [2.75, 3.05) is 11.9 Å². The highest BCUT2D eigenvalue weighted by atomic mass is 35.5. The van der Waals surface area contributed by atoms with E-state index in [0.717, 1.165) is 12.5 Å². The van der Waals surface area contributed by atoms with Crippen LogP contribution in [0.15, 0.2) is 12.1 Å². The number of nitriles is 1. The number of nitrogens with one attached hydrogen (secondary N) is 1. The minimum absolute atomic E-state index is 0.366. The normalized spacial score (nSPS) is 15.5. The van der Waals surface area contributed by atoms with E-state index in [0.29, 0.717) is 16.5 Å². The maximum absolute atomic E-state index is 8.76. The molecule has 1 aromatic rings. The lowest BCUT2D eigenvalue weighted by atomic mass is 9.85. The van der Waals surface area contributed by atoms with E-state index in [9.17, 15) is 0 Å². The highest BCUT2D eigenvalue weighted by Crippen LogP contribution is 2.26. The summed E-state index contributed by atoms with van der Waals surface area (Å²) < 4.78 is 0. The van der Waals surface area contributed by atoms with Crippen molar-refractivity contribution in [3.05, 3.63) is 22.8 Å². The van der Waals surface area contributed by atoms with Gasteiger partial charge in [-0.15, -0.1) is 0 Å². The van der Waals surface area contributed by atoms with Crippen molar-refractivity contribution < 1.29 is 0 Å². The minimum Gasteiger partial charge on any atom is -0.370 e. The number of nitrogens with zero attached hydrogens (tertiary/aromatic N) is 2. The average Bonchev–Trinajstić information content (AvgIpc) is 2.14. The van der Waals surface area contributed by atoms with Gasteiger partial charge in [-0.3, -0.25) is 0 Å². The zero-order chi connectivity index (χ0) is 10.7. The highest BCUT2D eigenvalue weighted by Gasteiger charge is 2.16. The molecular weight excluding hydrogens is 210 g/mol. The van der Waals surface area contributed by atoms with Crippen molar-refractivity contribution in [2.45, 2.75) is 19.3 Å². The maximum atomic E-state index is 8.76. The molecule has 0 bridgehead atoms. The van der Waals surface area contributed by atoms with Crippen LogP contribution in [0.5, 0.6) is 0 Å². The lowest BCUT2D eigenvalue weighted by Crippen LogP contribution is -2.21. The first-order chi connectivity index (χ1) is 7.28. The first kappa shape index (κ1) is 10.3. The molecule has 1 fully saturated rings. The second-order valence-corrected chi connectivity index (χ2v) is 4.24. The number of hydrogen-bond acceptors (Lipinski definition) is 3. The summed E-state index contributed by atoms with van der Waals surface area (Å²) in [6.07, 6.45) is 3.91. The first-order valence-corrected chi connectivity index (χ1v) is 5.47. The number of anilines is 1. The van der Waals surface area contributed by atoms with Gasteiger partial charge in [0.05, 0.1) is 11.6 Å². The fourth-order valence-electron chi connectivity index (χ4n) is 1.60. The van der Waals surface area contributed by atoms with Crippen LogP contribution in [0.1, 0.15) is 24.8 Å². The molecule has 2 rings (SSSR count). The molecule has 78 valence electrons. The third-order valence-corrected chi connectivity index (χ3v) is 2.91. The maximum Gasteiger partial charge on any atom is 0.132 e.